The molecule has 1 aliphatic heterocycles. The lowest BCUT2D eigenvalue weighted by molar-refractivity contribution is -0.321. The van der Waals surface area contributed by atoms with E-state index in [0.29, 0.717) is 19.8 Å². The third-order valence-electron chi connectivity index (χ3n) is 6.36. The topological polar surface area (TPSA) is 72.5 Å². The number of carbonyl (C=O) groups excluding carboxylic acids is 1. The number of esters is 1. The van der Waals surface area contributed by atoms with Crippen LogP contribution in [0.5, 0.6) is 0 Å². The summed E-state index contributed by atoms with van der Waals surface area (Å²) in [6, 6.07) is 29.6. The highest BCUT2D eigenvalue weighted by Gasteiger charge is 2.54. The molecular weight excluding hydrogens is 472 g/mol. The first kappa shape index (κ1) is 27.0. The van der Waals surface area contributed by atoms with E-state index < -0.39 is 30.1 Å². The van der Waals surface area contributed by atoms with Gasteiger partial charge in [0.15, 0.2) is 0 Å². The van der Waals surface area contributed by atoms with Crippen LogP contribution in [0.15, 0.2) is 91.0 Å². The average Bonchev–Trinajstić information content (AvgIpc) is 2.96. The molecule has 3 aromatic rings. The molecule has 0 saturated carbocycles. The number of ether oxygens (including phenoxy) is 6. The zero-order valence-electron chi connectivity index (χ0n) is 21.3. The van der Waals surface area contributed by atoms with Crippen molar-refractivity contribution < 1.29 is 33.2 Å². The molecule has 0 unspecified atom stereocenters. The van der Waals surface area contributed by atoms with Gasteiger partial charge in [-0.2, -0.15) is 0 Å². The maximum absolute atomic E-state index is 12.9. The van der Waals surface area contributed by atoms with E-state index in [1.54, 1.807) is 0 Å². The fourth-order valence-corrected chi connectivity index (χ4v) is 4.39. The third kappa shape index (κ3) is 7.25. The Kier molecular flexibility index (Phi) is 9.82. The van der Waals surface area contributed by atoms with E-state index in [1.807, 2.05) is 91.0 Å². The SMILES string of the molecule is COC(=O)[C@@]1(OC)C[C@@H](OCc2ccccc2)[C@@H](OCc2ccccc2)[C@@H](COCc2ccccc2)O1. The summed E-state index contributed by atoms with van der Waals surface area (Å²) in [4.78, 5) is 12.9. The lowest BCUT2D eigenvalue weighted by Crippen LogP contribution is -2.61. The zero-order chi connectivity index (χ0) is 25.9. The van der Waals surface area contributed by atoms with Crippen LogP contribution in [0.1, 0.15) is 23.1 Å². The molecule has 37 heavy (non-hydrogen) atoms. The smallest absolute Gasteiger partial charge is 0.366 e. The maximum atomic E-state index is 12.9. The number of carbonyl (C=O) groups is 1. The van der Waals surface area contributed by atoms with Gasteiger partial charge in [0.05, 0.1) is 39.6 Å². The number of methoxy groups -OCH3 is 2. The summed E-state index contributed by atoms with van der Waals surface area (Å²) in [5, 5.41) is 0. The lowest BCUT2D eigenvalue weighted by Gasteiger charge is -2.45. The van der Waals surface area contributed by atoms with Gasteiger partial charge in [0.2, 0.25) is 0 Å². The Morgan fingerprint density at radius 3 is 1.81 bits per heavy atom. The largest absolute Gasteiger partial charge is 0.465 e. The summed E-state index contributed by atoms with van der Waals surface area (Å²) in [7, 11) is 2.74. The van der Waals surface area contributed by atoms with Gasteiger partial charge in [0.25, 0.3) is 5.79 Å². The molecule has 0 radical (unpaired) electrons. The second-order valence-corrected chi connectivity index (χ2v) is 8.91. The van der Waals surface area contributed by atoms with Gasteiger partial charge in [0, 0.05) is 13.5 Å². The second kappa shape index (κ2) is 13.5. The van der Waals surface area contributed by atoms with Gasteiger partial charge in [0.1, 0.15) is 12.2 Å². The Balaban J connectivity index is 1.56. The van der Waals surface area contributed by atoms with Crippen LogP contribution in [0, 0.1) is 0 Å². The van der Waals surface area contributed by atoms with Crippen LogP contribution in [0.2, 0.25) is 0 Å². The minimum atomic E-state index is -1.64. The van der Waals surface area contributed by atoms with Crippen molar-refractivity contribution in [1.82, 2.24) is 0 Å². The summed E-state index contributed by atoms with van der Waals surface area (Å²) in [6.07, 6.45) is -1.59. The summed E-state index contributed by atoms with van der Waals surface area (Å²) in [5.41, 5.74) is 3.06. The predicted molar refractivity (Wildman–Crippen MR) is 137 cm³/mol. The lowest BCUT2D eigenvalue weighted by atomic mass is 9.94. The van der Waals surface area contributed by atoms with Crippen molar-refractivity contribution in [3.8, 4) is 0 Å². The molecule has 0 spiro atoms. The van der Waals surface area contributed by atoms with Gasteiger partial charge in [-0.25, -0.2) is 4.79 Å². The molecule has 1 fully saturated rings. The van der Waals surface area contributed by atoms with Gasteiger partial charge >= 0.3 is 5.97 Å². The Bertz CT molecular complexity index is 1080. The van der Waals surface area contributed by atoms with Gasteiger partial charge in [-0.1, -0.05) is 91.0 Å². The number of hydrogen-bond donors (Lipinski definition) is 0. The van der Waals surface area contributed by atoms with Crippen molar-refractivity contribution in [2.45, 2.75) is 50.3 Å². The first-order chi connectivity index (χ1) is 18.1. The fourth-order valence-electron chi connectivity index (χ4n) is 4.39. The molecule has 0 aliphatic carbocycles. The van der Waals surface area contributed by atoms with E-state index in [9.17, 15) is 4.79 Å². The Labute approximate surface area is 218 Å². The first-order valence-corrected chi connectivity index (χ1v) is 12.4. The average molecular weight is 507 g/mol. The molecule has 196 valence electrons. The molecule has 1 saturated heterocycles. The van der Waals surface area contributed by atoms with Crippen molar-refractivity contribution in [2.75, 3.05) is 20.8 Å². The van der Waals surface area contributed by atoms with Crippen LogP contribution >= 0.6 is 0 Å². The number of hydrogen-bond acceptors (Lipinski definition) is 7. The quantitative estimate of drug-likeness (QED) is 0.330. The third-order valence-corrected chi connectivity index (χ3v) is 6.36. The van der Waals surface area contributed by atoms with E-state index in [0.717, 1.165) is 16.7 Å². The minimum Gasteiger partial charge on any atom is -0.465 e. The van der Waals surface area contributed by atoms with Crippen molar-refractivity contribution >= 4 is 5.97 Å². The molecule has 4 rings (SSSR count). The highest BCUT2D eigenvalue weighted by atomic mass is 16.7. The molecule has 0 aromatic heterocycles. The molecule has 0 bridgehead atoms. The van der Waals surface area contributed by atoms with Crippen molar-refractivity contribution in [2.24, 2.45) is 0 Å². The summed E-state index contributed by atoms with van der Waals surface area (Å²) < 4.78 is 35.8. The van der Waals surface area contributed by atoms with Crippen molar-refractivity contribution in [3.05, 3.63) is 108 Å². The standard InChI is InChI=1S/C30H34O7/c1-32-29(31)30(33-2)18-26(35-20-24-14-8-4-9-15-24)28(36-21-25-16-10-5-11-17-25)27(37-30)22-34-19-23-12-6-3-7-13-23/h3-17,26-28H,18-22H2,1-2H3/t26-,27-,28-,30-/m1/s1. The zero-order valence-corrected chi connectivity index (χ0v) is 21.3. The fraction of sp³-hybridized carbons (Fsp3) is 0.367. The molecular formula is C30H34O7. The summed E-state index contributed by atoms with van der Waals surface area (Å²) >= 11 is 0. The molecule has 0 N–H and O–H groups in total. The Hall–Kier alpha value is -3.07. The summed E-state index contributed by atoms with van der Waals surface area (Å²) in [5.74, 6) is -2.26. The van der Waals surface area contributed by atoms with E-state index >= 15 is 0 Å². The van der Waals surface area contributed by atoms with Crippen LogP contribution in [-0.2, 0) is 53.0 Å². The van der Waals surface area contributed by atoms with E-state index in [2.05, 4.69) is 0 Å². The van der Waals surface area contributed by atoms with Crippen LogP contribution in [0.4, 0.5) is 0 Å². The molecule has 0 amide bonds. The van der Waals surface area contributed by atoms with Gasteiger partial charge < -0.3 is 28.4 Å². The summed E-state index contributed by atoms with van der Waals surface area (Å²) in [6.45, 7) is 1.25. The van der Waals surface area contributed by atoms with E-state index in [4.69, 9.17) is 28.4 Å². The molecule has 7 nitrogen and oxygen atoms in total. The Morgan fingerprint density at radius 2 is 1.30 bits per heavy atom. The highest BCUT2D eigenvalue weighted by molar-refractivity contribution is 5.78. The van der Waals surface area contributed by atoms with Gasteiger partial charge in [-0.15, -0.1) is 0 Å². The van der Waals surface area contributed by atoms with Crippen LogP contribution < -0.4 is 0 Å². The predicted octanol–water partition coefficient (Wildman–Crippen LogP) is 4.68. The molecule has 1 heterocycles. The molecule has 4 atom stereocenters. The Morgan fingerprint density at radius 1 is 0.784 bits per heavy atom. The van der Waals surface area contributed by atoms with E-state index in [-0.39, 0.29) is 13.0 Å². The van der Waals surface area contributed by atoms with Crippen molar-refractivity contribution in [3.63, 3.8) is 0 Å². The van der Waals surface area contributed by atoms with Crippen molar-refractivity contribution in [1.29, 1.82) is 0 Å². The second-order valence-electron chi connectivity index (χ2n) is 8.91. The van der Waals surface area contributed by atoms with Crippen LogP contribution in [0.3, 0.4) is 0 Å². The maximum Gasteiger partial charge on any atom is 0.366 e. The van der Waals surface area contributed by atoms with Crippen LogP contribution in [0.25, 0.3) is 0 Å². The molecule has 1 aliphatic rings. The van der Waals surface area contributed by atoms with Crippen LogP contribution in [-0.4, -0.2) is 50.9 Å². The normalized spacial score (nSPS) is 23.5. The minimum absolute atomic E-state index is 0.109. The number of rotatable bonds is 12. The van der Waals surface area contributed by atoms with Gasteiger partial charge in [-0.05, 0) is 16.7 Å². The van der Waals surface area contributed by atoms with Gasteiger partial charge in [-0.3, -0.25) is 0 Å². The first-order valence-electron chi connectivity index (χ1n) is 12.4. The molecule has 7 heteroatoms. The van der Waals surface area contributed by atoms with E-state index in [1.165, 1.54) is 14.2 Å². The monoisotopic (exact) mass is 506 g/mol. The molecule has 3 aromatic carbocycles. The number of benzene rings is 3. The highest BCUT2D eigenvalue weighted by Crippen LogP contribution is 2.35.